The van der Waals surface area contributed by atoms with Crippen LogP contribution >= 0.6 is 23.2 Å². The van der Waals surface area contributed by atoms with E-state index in [1.807, 2.05) is 24.3 Å². The average molecular weight is 1800 g/mol. The van der Waals surface area contributed by atoms with E-state index in [1.54, 1.807) is 24.3 Å². The average Bonchev–Trinajstić information content (AvgIpc) is 0.728. The Morgan fingerprint density at radius 2 is 0.403 bits per heavy atom. The Hall–Kier alpha value is -12.6. The quantitative estimate of drug-likeness (QED) is 0.0506. The number of halogens is 2. The second-order valence-corrected chi connectivity index (χ2v) is 36.2. The predicted molar refractivity (Wildman–Crippen MR) is 582 cm³/mol. The molecule has 0 spiro atoms. The maximum atomic E-state index is 11.2. The summed E-state index contributed by atoms with van der Waals surface area (Å²) in [5, 5.41) is -0.827. The van der Waals surface area contributed by atoms with Gasteiger partial charge in [-0.05, 0) is 328 Å². The van der Waals surface area contributed by atoms with Gasteiger partial charge in [-0.15, -0.1) is 0 Å². The molecule has 2 nitrogen and oxygen atoms in total. The van der Waals surface area contributed by atoms with E-state index >= 15 is 0 Å². The summed E-state index contributed by atoms with van der Waals surface area (Å²) in [6, 6.07) is 129. The Kier molecular flexibility index (Phi) is 38.0. The predicted octanol–water partition coefficient (Wildman–Crippen LogP) is 36.2. The minimum atomic E-state index is -0.415. The van der Waals surface area contributed by atoms with Gasteiger partial charge in [-0.1, -0.05) is 450 Å². The number of carbonyl (C=O) groups excluding carboxylic acids is 2. The standard InChI is InChI=1S/C34H30.C24H26.C20H23ClO.C19H24.C17H17ClO.C16H18/c1-3-29-30(4-2)32(26-19-11-6-12-20-26)34(28-23-15-8-16-24-28)33(27-21-13-7-14-22-27)31(29)25-17-9-5-10-18-25;1-5-21-17(3)23(19-13-9-7-10-14-19)24(18(4)22(21)6-2)20-15-11-8-12-16-20;1-5-14-7-12-18(13-15(14)6-2)20(3,4)17-10-8-16(9-11-17)19(21)22;1-5-15-12-13-18(14-16(15)6-2)19(3,4)17-10-8-7-9-11-17;1-3-12-5-10-16(11-13(12)4-2)14-6-8-15(9-7-14)17(18)19;1-3-13-10-11-16(12-14(13)4-2)15-8-6-5-7-9-15/h5-24H,3-4H2,1-2H3;7-16H,5-6H2,1-4H3;7-13H,5-6H2,1-4H3;7-14H,5-6H2,1-4H3;5-11H,3-4H2,1-2H3;5-12H,3-4H2,1-2H3. The summed E-state index contributed by atoms with van der Waals surface area (Å²) in [5.41, 5.74) is 47.5. The van der Waals surface area contributed by atoms with E-state index in [2.05, 4.69) is 440 Å². The van der Waals surface area contributed by atoms with Crippen LogP contribution in [0.25, 0.3) is 89.0 Å². The maximum Gasteiger partial charge on any atom is 0.252 e. The van der Waals surface area contributed by atoms with Gasteiger partial charge in [0.1, 0.15) is 0 Å². The zero-order valence-corrected chi connectivity index (χ0v) is 84.2. The van der Waals surface area contributed by atoms with E-state index in [0.29, 0.717) is 11.1 Å². The van der Waals surface area contributed by atoms with Gasteiger partial charge in [0.15, 0.2) is 0 Å². The summed E-state index contributed by atoms with van der Waals surface area (Å²) in [4.78, 5) is 22.2. The number of aryl methyl sites for hydroxylation is 8. The molecule has 0 heterocycles. The van der Waals surface area contributed by atoms with Crippen LogP contribution in [0.15, 0.2) is 364 Å². The largest absolute Gasteiger partial charge is 0.276 e. The van der Waals surface area contributed by atoms with Gasteiger partial charge in [0.2, 0.25) is 0 Å². The van der Waals surface area contributed by atoms with Crippen molar-refractivity contribution < 1.29 is 9.59 Å². The SMILES string of the molecule is CCc1c(C)c(-c2ccccc2)c(-c2ccccc2)c(C)c1CC.CCc1c(CC)c(-c2ccccc2)c(-c2ccccc2)c(-c2ccccc2)c1-c1ccccc1.CCc1ccc(-c2ccc(C(=O)Cl)cc2)cc1CC.CCc1ccc(-c2ccccc2)cc1CC.CCc1ccc(C(C)(C)c2ccc(C(=O)Cl)cc2)cc1CC.CCc1ccc(C(C)(C)c2ccccc2)cc1CC. The van der Waals surface area contributed by atoms with Crippen molar-refractivity contribution >= 4 is 33.7 Å². The number of carbonyl (C=O) groups is 2. The molecular formula is C130H138Cl2O2. The molecule has 0 aliphatic rings. The van der Waals surface area contributed by atoms with Crippen LogP contribution in [0.5, 0.6) is 0 Å². The molecule has 4 heteroatoms. The monoisotopic (exact) mass is 1800 g/mol. The van der Waals surface area contributed by atoms with Gasteiger partial charge in [0.25, 0.3) is 10.5 Å². The normalized spacial score (nSPS) is 11.0. The third-order valence-corrected chi connectivity index (χ3v) is 27.4. The molecular weight excluding hydrogens is 1660 g/mol. The van der Waals surface area contributed by atoms with Crippen LogP contribution in [0, 0.1) is 13.8 Å². The van der Waals surface area contributed by atoms with Crippen molar-refractivity contribution in [2.75, 3.05) is 0 Å². The third kappa shape index (κ3) is 24.9. The summed E-state index contributed by atoms with van der Waals surface area (Å²) >= 11 is 11.0. The van der Waals surface area contributed by atoms with Crippen molar-refractivity contribution in [2.24, 2.45) is 0 Å². The lowest BCUT2D eigenvalue weighted by Gasteiger charge is -2.27. The molecule has 0 saturated heterocycles. The van der Waals surface area contributed by atoms with E-state index in [4.69, 9.17) is 23.2 Å². The van der Waals surface area contributed by atoms with Gasteiger partial charge in [0, 0.05) is 22.0 Å². The van der Waals surface area contributed by atoms with E-state index in [0.717, 1.165) is 82.6 Å². The first-order valence-electron chi connectivity index (χ1n) is 48.9. The van der Waals surface area contributed by atoms with Crippen molar-refractivity contribution in [1.82, 2.24) is 0 Å². The molecule has 0 fully saturated rings. The molecule has 0 aromatic heterocycles. The fraction of sp³-hybridized carbons (Fsp3) is 0.246. The highest BCUT2D eigenvalue weighted by Crippen LogP contribution is 2.51. The minimum absolute atomic E-state index is 0.0669. The molecule has 0 atom stereocenters. The molecule has 0 bridgehead atoms. The number of rotatable bonds is 26. The molecule has 16 aromatic carbocycles. The third-order valence-electron chi connectivity index (χ3n) is 27.0. The number of hydrogen-bond donors (Lipinski definition) is 0. The van der Waals surface area contributed by atoms with Crippen LogP contribution in [-0.4, -0.2) is 10.5 Å². The Morgan fingerprint density at radius 1 is 0.194 bits per heavy atom. The first-order chi connectivity index (χ1) is 65.0. The smallest absolute Gasteiger partial charge is 0.252 e. The lowest BCUT2D eigenvalue weighted by Crippen LogP contribution is -2.19. The van der Waals surface area contributed by atoms with E-state index in [9.17, 15) is 9.59 Å². The second-order valence-electron chi connectivity index (χ2n) is 35.5. The van der Waals surface area contributed by atoms with Gasteiger partial charge in [0.05, 0.1) is 0 Å². The first kappa shape index (κ1) is 102. The van der Waals surface area contributed by atoms with Gasteiger partial charge < -0.3 is 0 Å². The van der Waals surface area contributed by atoms with Gasteiger partial charge in [-0.25, -0.2) is 0 Å². The molecule has 0 N–H and O–H groups in total. The summed E-state index contributed by atoms with van der Waals surface area (Å²) in [5.74, 6) is 0. The minimum Gasteiger partial charge on any atom is -0.276 e. The lowest BCUT2D eigenvalue weighted by molar-refractivity contribution is 0.107. The van der Waals surface area contributed by atoms with Crippen molar-refractivity contribution in [3.05, 3.63) is 475 Å². The van der Waals surface area contributed by atoms with E-state index in [-0.39, 0.29) is 10.8 Å². The van der Waals surface area contributed by atoms with E-state index in [1.165, 1.54) is 184 Å². The molecule has 0 aliphatic heterocycles. The van der Waals surface area contributed by atoms with Crippen LogP contribution in [0.4, 0.5) is 0 Å². The number of hydrogen-bond acceptors (Lipinski definition) is 2. The maximum absolute atomic E-state index is 11.2. The van der Waals surface area contributed by atoms with Crippen molar-refractivity contribution in [3.8, 4) is 89.0 Å². The van der Waals surface area contributed by atoms with Gasteiger partial charge in [-0.2, -0.15) is 0 Å². The van der Waals surface area contributed by atoms with Crippen LogP contribution in [0.3, 0.4) is 0 Å². The molecule has 684 valence electrons. The molecule has 134 heavy (non-hydrogen) atoms. The Labute approximate surface area is 814 Å². The van der Waals surface area contributed by atoms with Crippen LogP contribution in [0.1, 0.15) is 232 Å². The lowest BCUT2D eigenvalue weighted by atomic mass is 9.76. The molecule has 0 radical (unpaired) electrons. The van der Waals surface area contributed by atoms with Crippen molar-refractivity contribution in [3.63, 3.8) is 0 Å². The number of benzene rings is 16. The summed E-state index contributed by atoms with van der Waals surface area (Å²) in [6.07, 6.45) is 12.8. The molecule has 0 amide bonds. The first-order valence-corrected chi connectivity index (χ1v) is 49.7. The highest BCUT2D eigenvalue weighted by molar-refractivity contribution is 6.68. The zero-order chi connectivity index (χ0) is 95.9. The summed E-state index contributed by atoms with van der Waals surface area (Å²) in [6.45, 7) is 40.5. The Bertz CT molecular complexity index is 6250. The Balaban J connectivity index is 0.000000158. The molecule has 16 rings (SSSR count). The topological polar surface area (TPSA) is 34.1 Å². The van der Waals surface area contributed by atoms with E-state index < -0.39 is 10.5 Å². The molecule has 16 aromatic rings. The molecule has 0 aliphatic carbocycles. The van der Waals surface area contributed by atoms with Crippen molar-refractivity contribution in [2.45, 2.75) is 213 Å². The van der Waals surface area contributed by atoms with Crippen LogP contribution < -0.4 is 0 Å². The fourth-order valence-corrected chi connectivity index (χ4v) is 19.5. The Morgan fingerprint density at radius 3 is 0.672 bits per heavy atom. The zero-order valence-electron chi connectivity index (χ0n) is 82.7. The fourth-order valence-electron chi connectivity index (χ4n) is 19.3. The van der Waals surface area contributed by atoms with Crippen LogP contribution in [0.2, 0.25) is 0 Å². The van der Waals surface area contributed by atoms with Gasteiger partial charge >= 0.3 is 0 Å². The van der Waals surface area contributed by atoms with Crippen LogP contribution in [-0.2, 0) is 87.9 Å². The van der Waals surface area contributed by atoms with Gasteiger partial charge in [-0.3, -0.25) is 9.59 Å². The summed E-state index contributed by atoms with van der Waals surface area (Å²) in [7, 11) is 0. The highest BCUT2D eigenvalue weighted by Gasteiger charge is 2.29. The molecule has 0 unspecified atom stereocenters. The summed E-state index contributed by atoms with van der Waals surface area (Å²) < 4.78 is 0. The highest BCUT2D eigenvalue weighted by atomic mass is 35.5. The second kappa shape index (κ2) is 50.0. The molecule has 0 saturated carbocycles. The van der Waals surface area contributed by atoms with Crippen molar-refractivity contribution in [1.29, 1.82) is 0 Å².